The minimum absolute atomic E-state index is 0.0789. The molecule has 224 valence electrons. The molecule has 3 aliphatic carbocycles. The number of nitrogens with zero attached hydrogens (tertiary/aromatic N) is 2. The van der Waals surface area contributed by atoms with Crippen molar-refractivity contribution in [2.75, 3.05) is 16.3 Å². The molecule has 2 fully saturated rings. The normalized spacial score (nSPS) is 24.5. The molecule has 2 bridgehead atoms. The standard InChI is InChI=1S/C38H32N2O5/c1-20-12-13-24(16-21(20)2)39-19-23(18-31(39)41)38(44)45-25-14-15-30(22(3)17-25)40-36(42)34-32-26-8-4-5-9-27(26)33(35(34)37(40)43)29-11-7-6-10-28(29)32/h4-17,23,32-35H,18-19H2,1-3H3/t23-,32?,33?,34-,35+/m1/s1. The molecule has 3 atom stereocenters. The fourth-order valence-corrected chi connectivity index (χ4v) is 8.07. The molecule has 2 saturated heterocycles. The van der Waals surface area contributed by atoms with Crippen LogP contribution in [0.1, 0.15) is 57.2 Å². The van der Waals surface area contributed by atoms with E-state index in [9.17, 15) is 19.2 Å². The van der Waals surface area contributed by atoms with Crippen molar-refractivity contribution in [2.45, 2.75) is 39.0 Å². The maximum absolute atomic E-state index is 14.2. The SMILES string of the molecule is Cc1ccc(N2C[C@H](C(=O)Oc3ccc(N4C(=O)[C@@H]5C6c7ccccc7C(c7ccccc76)[C@@H]5C4=O)c(C)c3)CC2=O)cc1C. The number of benzene rings is 4. The van der Waals surface area contributed by atoms with Gasteiger partial charge in [0.15, 0.2) is 0 Å². The van der Waals surface area contributed by atoms with Gasteiger partial charge in [0.1, 0.15) is 5.75 Å². The maximum Gasteiger partial charge on any atom is 0.316 e. The summed E-state index contributed by atoms with van der Waals surface area (Å²) in [5, 5.41) is 0. The van der Waals surface area contributed by atoms with Crippen LogP contribution in [0.25, 0.3) is 0 Å². The zero-order valence-electron chi connectivity index (χ0n) is 25.3. The van der Waals surface area contributed by atoms with E-state index in [2.05, 4.69) is 24.3 Å². The van der Waals surface area contributed by atoms with Crippen molar-refractivity contribution in [3.63, 3.8) is 0 Å². The number of rotatable bonds is 4. The summed E-state index contributed by atoms with van der Waals surface area (Å²) in [6.07, 6.45) is 0.0789. The van der Waals surface area contributed by atoms with Gasteiger partial charge >= 0.3 is 5.97 Å². The second kappa shape index (κ2) is 9.99. The Kier molecular flexibility index (Phi) is 6.11. The van der Waals surface area contributed by atoms with Crippen molar-refractivity contribution < 1.29 is 23.9 Å². The second-order valence-corrected chi connectivity index (χ2v) is 12.8. The van der Waals surface area contributed by atoms with Gasteiger partial charge in [-0.3, -0.25) is 19.2 Å². The van der Waals surface area contributed by atoms with Gasteiger partial charge < -0.3 is 9.64 Å². The lowest BCUT2D eigenvalue weighted by Gasteiger charge is -2.45. The van der Waals surface area contributed by atoms with E-state index in [1.807, 2.05) is 63.2 Å². The highest BCUT2D eigenvalue weighted by molar-refractivity contribution is 6.23. The van der Waals surface area contributed by atoms with Gasteiger partial charge in [-0.05, 0) is 90.0 Å². The van der Waals surface area contributed by atoms with Crippen molar-refractivity contribution in [1.82, 2.24) is 0 Å². The first-order valence-electron chi connectivity index (χ1n) is 15.5. The van der Waals surface area contributed by atoms with Gasteiger partial charge in [0.25, 0.3) is 0 Å². The number of esters is 1. The lowest BCUT2D eigenvalue weighted by atomic mass is 9.55. The van der Waals surface area contributed by atoms with E-state index in [0.717, 1.165) is 39.1 Å². The summed E-state index contributed by atoms with van der Waals surface area (Å²) in [5.41, 5.74) is 8.68. The van der Waals surface area contributed by atoms with Crippen molar-refractivity contribution in [3.8, 4) is 5.75 Å². The van der Waals surface area contributed by atoms with Gasteiger partial charge in [-0.25, -0.2) is 4.90 Å². The average Bonchev–Trinajstić information content (AvgIpc) is 3.56. The Labute approximate surface area is 261 Å². The molecule has 0 spiro atoms. The Balaban J connectivity index is 1.04. The van der Waals surface area contributed by atoms with Crippen LogP contribution in [0.2, 0.25) is 0 Å². The highest BCUT2D eigenvalue weighted by Crippen LogP contribution is 2.61. The van der Waals surface area contributed by atoms with E-state index in [0.29, 0.717) is 17.0 Å². The molecule has 0 unspecified atom stereocenters. The van der Waals surface area contributed by atoms with Crippen molar-refractivity contribution in [2.24, 2.45) is 17.8 Å². The average molecular weight is 597 g/mol. The summed E-state index contributed by atoms with van der Waals surface area (Å²) >= 11 is 0. The molecule has 0 saturated carbocycles. The topological polar surface area (TPSA) is 84.0 Å². The number of aryl methyl sites for hydroxylation is 3. The smallest absolute Gasteiger partial charge is 0.316 e. The fourth-order valence-electron chi connectivity index (χ4n) is 8.07. The lowest BCUT2D eigenvalue weighted by Crippen LogP contribution is -2.41. The molecule has 0 N–H and O–H groups in total. The Morgan fingerprint density at radius 3 is 1.80 bits per heavy atom. The Bertz CT molecular complexity index is 1850. The summed E-state index contributed by atoms with van der Waals surface area (Å²) in [5.74, 6) is -2.53. The molecule has 4 aromatic carbocycles. The minimum Gasteiger partial charge on any atom is -0.426 e. The predicted octanol–water partition coefficient (Wildman–Crippen LogP) is 5.97. The monoisotopic (exact) mass is 596 g/mol. The molecule has 9 rings (SSSR count). The van der Waals surface area contributed by atoms with Crippen LogP contribution in [-0.2, 0) is 19.2 Å². The molecule has 0 aromatic heterocycles. The molecule has 3 amide bonds. The fraction of sp³-hybridized carbons (Fsp3) is 0.263. The molecule has 2 heterocycles. The number of ether oxygens (including phenoxy) is 1. The first-order valence-corrected chi connectivity index (χ1v) is 15.5. The number of imide groups is 1. The zero-order valence-corrected chi connectivity index (χ0v) is 25.3. The first kappa shape index (κ1) is 27.5. The number of hydrogen-bond acceptors (Lipinski definition) is 5. The third kappa shape index (κ3) is 4.03. The van der Waals surface area contributed by atoms with E-state index in [4.69, 9.17) is 4.74 Å². The predicted molar refractivity (Wildman–Crippen MR) is 169 cm³/mol. The van der Waals surface area contributed by atoms with Gasteiger partial charge in [0.2, 0.25) is 17.7 Å². The van der Waals surface area contributed by atoms with Gasteiger partial charge in [-0.2, -0.15) is 0 Å². The van der Waals surface area contributed by atoms with Gasteiger partial charge in [0.05, 0.1) is 23.4 Å². The van der Waals surface area contributed by atoms with Crippen LogP contribution in [0.5, 0.6) is 5.75 Å². The Morgan fingerprint density at radius 2 is 1.27 bits per heavy atom. The van der Waals surface area contributed by atoms with Crippen LogP contribution >= 0.6 is 0 Å². The number of carbonyl (C=O) groups is 4. The molecular formula is C38H32N2O5. The Hall–Kier alpha value is -5.04. The first-order chi connectivity index (χ1) is 21.7. The molecule has 0 radical (unpaired) electrons. The van der Waals surface area contributed by atoms with Crippen molar-refractivity contribution >= 4 is 35.1 Å². The van der Waals surface area contributed by atoms with Gasteiger partial charge in [-0.15, -0.1) is 0 Å². The van der Waals surface area contributed by atoms with Crippen LogP contribution in [0, 0.1) is 38.5 Å². The molecular weight excluding hydrogens is 564 g/mol. The molecule has 2 aliphatic heterocycles. The number of hydrogen-bond donors (Lipinski definition) is 0. The van der Waals surface area contributed by atoms with Crippen LogP contribution in [0.3, 0.4) is 0 Å². The third-order valence-electron chi connectivity index (χ3n) is 10.3. The quantitative estimate of drug-likeness (QED) is 0.165. The Morgan fingerprint density at radius 1 is 0.689 bits per heavy atom. The highest BCUT2D eigenvalue weighted by atomic mass is 16.5. The summed E-state index contributed by atoms with van der Waals surface area (Å²) in [4.78, 5) is 57.2. The van der Waals surface area contributed by atoms with E-state index < -0.39 is 23.7 Å². The molecule has 5 aliphatic rings. The van der Waals surface area contributed by atoms with E-state index in [-0.39, 0.29) is 42.5 Å². The van der Waals surface area contributed by atoms with Crippen LogP contribution in [0.15, 0.2) is 84.9 Å². The van der Waals surface area contributed by atoms with Gasteiger partial charge in [0, 0.05) is 30.5 Å². The van der Waals surface area contributed by atoms with Gasteiger partial charge in [-0.1, -0.05) is 54.6 Å². The molecule has 7 nitrogen and oxygen atoms in total. The summed E-state index contributed by atoms with van der Waals surface area (Å²) < 4.78 is 5.74. The third-order valence-corrected chi connectivity index (χ3v) is 10.3. The zero-order chi connectivity index (χ0) is 31.1. The summed E-state index contributed by atoms with van der Waals surface area (Å²) in [6.45, 7) is 6.08. The minimum atomic E-state index is -0.595. The van der Waals surface area contributed by atoms with Crippen LogP contribution < -0.4 is 14.5 Å². The summed E-state index contributed by atoms with van der Waals surface area (Å²) in [6, 6.07) is 27.2. The number of carbonyl (C=O) groups excluding carboxylic acids is 4. The largest absolute Gasteiger partial charge is 0.426 e. The second-order valence-electron chi connectivity index (χ2n) is 12.8. The van der Waals surface area contributed by atoms with Crippen LogP contribution in [-0.4, -0.2) is 30.2 Å². The summed E-state index contributed by atoms with van der Waals surface area (Å²) in [7, 11) is 0. The maximum atomic E-state index is 14.2. The highest BCUT2D eigenvalue weighted by Gasteiger charge is 2.61. The van der Waals surface area contributed by atoms with Crippen LogP contribution in [0.4, 0.5) is 11.4 Å². The van der Waals surface area contributed by atoms with E-state index >= 15 is 0 Å². The lowest BCUT2D eigenvalue weighted by molar-refractivity contribution is -0.139. The van der Waals surface area contributed by atoms with Crippen molar-refractivity contribution in [3.05, 3.63) is 124 Å². The number of amides is 3. The molecule has 7 heteroatoms. The van der Waals surface area contributed by atoms with E-state index in [1.54, 1.807) is 23.1 Å². The molecule has 4 aromatic rings. The van der Waals surface area contributed by atoms with E-state index in [1.165, 1.54) is 4.90 Å². The number of anilines is 2. The van der Waals surface area contributed by atoms with Crippen molar-refractivity contribution in [1.29, 1.82) is 0 Å². The molecule has 45 heavy (non-hydrogen) atoms.